The van der Waals surface area contributed by atoms with E-state index in [-0.39, 0.29) is 5.02 Å². The van der Waals surface area contributed by atoms with Gasteiger partial charge in [0.15, 0.2) is 0 Å². The first-order chi connectivity index (χ1) is 10.4. The summed E-state index contributed by atoms with van der Waals surface area (Å²) in [5.74, 6) is -1.62. The molecule has 0 aliphatic rings. The maximum absolute atomic E-state index is 11.9. The van der Waals surface area contributed by atoms with E-state index in [9.17, 15) is 9.59 Å². The molecule has 2 rings (SSSR count). The van der Waals surface area contributed by atoms with Gasteiger partial charge in [-0.05, 0) is 58.7 Å². The average Bonchev–Trinajstić information content (AvgIpc) is 2.44. The van der Waals surface area contributed by atoms with Gasteiger partial charge in [-0.2, -0.15) is 0 Å². The SMILES string of the molecule is Cc1ccc(NC(=O)C(=O)Nc2ccc(Cl)cc2Cl)c(Br)c1. The number of nitrogens with one attached hydrogen (secondary N) is 2. The zero-order valence-corrected chi connectivity index (χ0v) is 14.5. The molecule has 2 aromatic rings. The second-order valence-corrected chi connectivity index (χ2v) is 6.21. The third-order valence-corrected chi connectivity index (χ3v) is 3.96. The van der Waals surface area contributed by atoms with Gasteiger partial charge in [0.2, 0.25) is 0 Å². The number of carbonyl (C=O) groups excluding carboxylic acids is 2. The molecule has 0 fully saturated rings. The Morgan fingerprint density at radius 2 is 1.55 bits per heavy atom. The van der Waals surface area contributed by atoms with Crippen LogP contribution >= 0.6 is 39.1 Å². The van der Waals surface area contributed by atoms with Crippen LogP contribution in [-0.4, -0.2) is 11.8 Å². The van der Waals surface area contributed by atoms with Gasteiger partial charge in [-0.15, -0.1) is 0 Å². The standard InChI is InChI=1S/C15H11BrCl2N2O2/c1-8-2-4-12(10(16)6-8)19-14(21)15(22)20-13-5-3-9(17)7-11(13)18/h2-7H,1H3,(H,19,21)(H,20,22). The van der Waals surface area contributed by atoms with Crippen molar-refractivity contribution in [3.63, 3.8) is 0 Å². The molecular formula is C15H11BrCl2N2O2. The molecule has 2 N–H and O–H groups in total. The van der Waals surface area contributed by atoms with E-state index >= 15 is 0 Å². The van der Waals surface area contributed by atoms with Gasteiger partial charge in [-0.25, -0.2) is 0 Å². The fourth-order valence-corrected chi connectivity index (χ4v) is 2.72. The topological polar surface area (TPSA) is 58.2 Å². The molecule has 0 heterocycles. The van der Waals surface area contributed by atoms with Crippen molar-refractivity contribution in [1.29, 1.82) is 0 Å². The molecule has 0 aliphatic carbocycles. The maximum Gasteiger partial charge on any atom is 0.314 e. The molecule has 114 valence electrons. The molecule has 0 radical (unpaired) electrons. The van der Waals surface area contributed by atoms with Gasteiger partial charge in [0.25, 0.3) is 0 Å². The fourth-order valence-electron chi connectivity index (χ4n) is 1.67. The lowest BCUT2D eigenvalue weighted by atomic mass is 10.2. The molecule has 0 atom stereocenters. The number of carbonyl (C=O) groups is 2. The molecule has 4 nitrogen and oxygen atoms in total. The Bertz CT molecular complexity index is 687. The monoisotopic (exact) mass is 400 g/mol. The molecule has 0 saturated heterocycles. The lowest BCUT2D eigenvalue weighted by Crippen LogP contribution is -2.29. The van der Waals surface area contributed by atoms with E-state index in [0.717, 1.165) is 5.56 Å². The van der Waals surface area contributed by atoms with Crippen LogP contribution in [0.4, 0.5) is 11.4 Å². The van der Waals surface area contributed by atoms with Crippen molar-refractivity contribution >= 4 is 62.3 Å². The van der Waals surface area contributed by atoms with E-state index in [0.29, 0.717) is 20.9 Å². The van der Waals surface area contributed by atoms with Crippen LogP contribution in [0.1, 0.15) is 5.56 Å². The number of anilines is 2. The normalized spacial score (nSPS) is 10.2. The number of benzene rings is 2. The smallest absolute Gasteiger partial charge is 0.314 e. The molecular weight excluding hydrogens is 391 g/mol. The minimum Gasteiger partial charge on any atom is -0.317 e. The molecule has 22 heavy (non-hydrogen) atoms. The number of hydrogen-bond acceptors (Lipinski definition) is 2. The number of amides is 2. The largest absolute Gasteiger partial charge is 0.317 e. The maximum atomic E-state index is 11.9. The zero-order chi connectivity index (χ0) is 16.3. The van der Waals surface area contributed by atoms with E-state index in [1.807, 2.05) is 19.1 Å². The van der Waals surface area contributed by atoms with Gasteiger partial charge >= 0.3 is 11.8 Å². The van der Waals surface area contributed by atoms with Gasteiger partial charge in [0.05, 0.1) is 16.4 Å². The Balaban J connectivity index is 2.07. The average molecular weight is 402 g/mol. The molecule has 2 amide bonds. The Morgan fingerprint density at radius 3 is 2.14 bits per heavy atom. The number of hydrogen-bond donors (Lipinski definition) is 2. The lowest BCUT2D eigenvalue weighted by Gasteiger charge is -2.09. The first kappa shape index (κ1) is 16.8. The van der Waals surface area contributed by atoms with Crippen molar-refractivity contribution in [3.8, 4) is 0 Å². The summed E-state index contributed by atoms with van der Waals surface area (Å²) < 4.78 is 0.693. The van der Waals surface area contributed by atoms with Crippen molar-refractivity contribution in [2.45, 2.75) is 6.92 Å². The van der Waals surface area contributed by atoms with Crippen molar-refractivity contribution in [1.82, 2.24) is 0 Å². The number of aryl methyl sites for hydroxylation is 1. The van der Waals surface area contributed by atoms with Gasteiger partial charge in [0, 0.05) is 9.50 Å². The Labute approximate surface area is 145 Å². The molecule has 0 saturated carbocycles. The van der Waals surface area contributed by atoms with Gasteiger partial charge < -0.3 is 10.6 Å². The molecule has 0 aliphatic heterocycles. The summed E-state index contributed by atoms with van der Waals surface area (Å²) in [4.78, 5) is 23.8. The molecule has 0 spiro atoms. The van der Waals surface area contributed by atoms with Crippen LogP contribution in [0.2, 0.25) is 10.0 Å². The summed E-state index contributed by atoms with van der Waals surface area (Å²) in [5, 5.41) is 5.65. The molecule has 0 aromatic heterocycles. The van der Waals surface area contributed by atoms with Crippen molar-refractivity contribution in [2.24, 2.45) is 0 Å². The molecule has 0 bridgehead atoms. The van der Waals surface area contributed by atoms with Crippen LogP contribution in [0, 0.1) is 6.92 Å². The number of halogens is 3. The minimum atomic E-state index is -0.823. The Hall–Kier alpha value is -1.56. The van der Waals surface area contributed by atoms with Crippen LogP contribution < -0.4 is 10.6 Å². The molecule has 0 unspecified atom stereocenters. The third kappa shape index (κ3) is 4.22. The van der Waals surface area contributed by atoms with Crippen molar-refractivity contribution < 1.29 is 9.59 Å². The van der Waals surface area contributed by atoms with E-state index in [4.69, 9.17) is 23.2 Å². The lowest BCUT2D eigenvalue weighted by molar-refractivity contribution is -0.133. The summed E-state index contributed by atoms with van der Waals surface area (Å²) in [5.41, 5.74) is 1.85. The van der Waals surface area contributed by atoms with Gasteiger partial charge in [-0.3, -0.25) is 9.59 Å². The van der Waals surface area contributed by atoms with Crippen LogP contribution in [0.15, 0.2) is 40.9 Å². The van der Waals surface area contributed by atoms with Crippen LogP contribution in [-0.2, 0) is 9.59 Å². The van der Waals surface area contributed by atoms with Crippen molar-refractivity contribution in [2.75, 3.05) is 10.6 Å². The summed E-state index contributed by atoms with van der Waals surface area (Å²) in [7, 11) is 0. The quantitative estimate of drug-likeness (QED) is 0.720. The zero-order valence-electron chi connectivity index (χ0n) is 11.4. The predicted molar refractivity (Wildman–Crippen MR) is 92.6 cm³/mol. The van der Waals surface area contributed by atoms with Gasteiger partial charge in [0.1, 0.15) is 0 Å². The molecule has 7 heteroatoms. The highest BCUT2D eigenvalue weighted by atomic mass is 79.9. The van der Waals surface area contributed by atoms with Crippen LogP contribution in [0.5, 0.6) is 0 Å². The summed E-state index contributed by atoms with van der Waals surface area (Å²) in [6, 6.07) is 9.94. The number of rotatable bonds is 2. The molecule has 2 aromatic carbocycles. The first-order valence-electron chi connectivity index (χ1n) is 6.20. The van der Waals surface area contributed by atoms with Crippen molar-refractivity contribution in [3.05, 3.63) is 56.5 Å². The second-order valence-electron chi connectivity index (χ2n) is 4.52. The van der Waals surface area contributed by atoms with Crippen LogP contribution in [0.25, 0.3) is 0 Å². The minimum absolute atomic E-state index is 0.255. The predicted octanol–water partition coefficient (Wildman–Crippen LogP) is 4.64. The van der Waals surface area contributed by atoms with E-state index in [1.54, 1.807) is 12.1 Å². The third-order valence-electron chi connectivity index (χ3n) is 2.76. The summed E-state index contributed by atoms with van der Waals surface area (Å²) in [6.45, 7) is 1.92. The fraction of sp³-hybridized carbons (Fsp3) is 0.0667. The highest BCUT2D eigenvalue weighted by Crippen LogP contribution is 2.26. The second kappa shape index (κ2) is 7.13. The first-order valence-corrected chi connectivity index (χ1v) is 7.75. The highest BCUT2D eigenvalue weighted by molar-refractivity contribution is 9.10. The van der Waals surface area contributed by atoms with E-state index in [1.165, 1.54) is 12.1 Å². The summed E-state index contributed by atoms with van der Waals surface area (Å²) in [6.07, 6.45) is 0. The highest BCUT2D eigenvalue weighted by Gasteiger charge is 2.16. The Morgan fingerprint density at radius 1 is 0.955 bits per heavy atom. The summed E-state index contributed by atoms with van der Waals surface area (Å²) >= 11 is 15.0. The Kier molecular flexibility index (Phi) is 5.45. The van der Waals surface area contributed by atoms with E-state index < -0.39 is 11.8 Å². The van der Waals surface area contributed by atoms with E-state index in [2.05, 4.69) is 26.6 Å². The van der Waals surface area contributed by atoms with Crippen LogP contribution in [0.3, 0.4) is 0 Å². The van der Waals surface area contributed by atoms with Gasteiger partial charge in [-0.1, -0.05) is 29.3 Å².